The zero-order valence-corrected chi connectivity index (χ0v) is 11.1. The number of hydrogen-bond donors (Lipinski definition) is 2. The number of rotatable bonds is 6. The van der Waals surface area contributed by atoms with Crippen LogP contribution < -0.4 is 5.32 Å². The van der Waals surface area contributed by atoms with E-state index in [2.05, 4.69) is 5.32 Å². The van der Waals surface area contributed by atoms with E-state index in [0.29, 0.717) is 6.04 Å². The summed E-state index contributed by atoms with van der Waals surface area (Å²) in [5.74, 6) is 0. The lowest BCUT2D eigenvalue weighted by molar-refractivity contribution is 0.174. The summed E-state index contributed by atoms with van der Waals surface area (Å²) in [4.78, 5) is 14.0. The third kappa shape index (κ3) is 4.54. The molecular weight excluding hydrogens is 216 g/mol. The topological polar surface area (TPSA) is 52.6 Å². The minimum Gasteiger partial charge on any atom is -0.396 e. The zero-order valence-electron chi connectivity index (χ0n) is 11.1. The molecule has 1 aliphatic rings. The van der Waals surface area contributed by atoms with Gasteiger partial charge in [0.2, 0.25) is 0 Å². The van der Waals surface area contributed by atoms with Gasteiger partial charge in [0.05, 0.1) is 0 Å². The first-order valence-corrected chi connectivity index (χ1v) is 6.87. The molecule has 1 saturated carbocycles. The second-order valence-electron chi connectivity index (χ2n) is 4.94. The molecule has 1 fully saturated rings. The van der Waals surface area contributed by atoms with Gasteiger partial charge in [-0.3, -0.25) is 0 Å². The molecule has 4 heteroatoms. The van der Waals surface area contributed by atoms with Crippen LogP contribution in [-0.4, -0.2) is 41.3 Å². The first-order chi connectivity index (χ1) is 8.19. The Balaban J connectivity index is 2.37. The summed E-state index contributed by atoms with van der Waals surface area (Å²) in [7, 11) is 0. The van der Waals surface area contributed by atoms with Crippen molar-refractivity contribution in [1.82, 2.24) is 10.2 Å². The van der Waals surface area contributed by atoms with Gasteiger partial charge in [0.1, 0.15) is 0 Å². The molecule has 0 aromatic heterocycles. The number of aliphatic hydroxyl groups is 1. The monoisotopic (exact) mass is 242 g/mol. The number of aliphatic hydroxyl groups excluding tert-OH is 1. The quantitative estimate of drug-likeness (QED) is 0.749. The van der Waals surface area contributed by atoms with Crippen molar-refractivity contribution in [2.24, 2.45) is 0 Å². The van der Waals surface area contributed by atoms with Gasteiger partial charge in [-0.25, -0.2) is 4.79 Å². The van der Waals surface area contributed by atoms with Crippen LogP contribution in [0.25, 0.3) is 0 Å². The predicted octanol–water partition coefficient (Wildman–Crippen LogP) is 2.12. The van der Waals surface area contributed by atoms with Gasteiger partial charge in [-0.05, 0) is 39.5 Å². The standard InChI is InChI=1S/C13H26N2O2/c1-3-15(12-8-4-5-9-12)13(17)14-11(2)7-6-10-16/h11-12,16H,3-10H2,1-2H3,(H,14,17). The van der Waals surface area contributed by atoms with Gasteiger partial charge >= 0.3 is 6.03 Å². The predicted molar refractivity (Wildman–Crippen MR) is 68.9 cm³/mol. The highest BCUT2D eigenvalue weighted by Gasteiger charge is 2.25. The SMILES string of the molecule is CCN(C(=O)NC(C)CCCO)C1CCCC1. The average molecular weight is 242 g/mol. The maximum Gasteiger partial charge on any atom is 0.317 e. The van der Waals surface area contributed by atoms with Crippen LogP contribution in [0.1, 0.15) is 52.4 Å². The van der Waals surface area contributed by atoms with E-state index in [4.69, 9.17) is 5.11 Å². The molecule has 0 aliphatic heterocycles. The molecule has 1 aliphatic carbocycles. The van der Waals surface area contributed by atoms with E-state index in [0.717, 1.165) is 32.2 Å². The lowest BCUT2D eigenvalue weighted by Crippen LogP contribution is -2.47. The average Bonchev–Trinajstić information content (AvgIpc) is 2.81. The highest BCUT2D eigenvalue weighted by atomic mass is 16.3. The molecule has 100 valence electrons. The van der Waals surface area contributed by atoms with Gasteiger partial charge in [0, 0.05) is 25.2 Å². The second-order valence-corrected chi connectivity index (χ2v) is 4.94. The highest BCUT2D eigenvalue weighted by molar-refractivity contribution is 5.74. The van der Waals surface area contributed by atoms with Crippen molar-refractivity contribution in [3.05, 3.63) is 0 Å². The van der Waals surface area contributed by atoms with Crippen LogP contribution in [0, 0.1) is 0 Å². The Morgan fingerprint density at radius 1 is 1.47 bits per heavy atom. The Labute approximate surface area is 104 Å². The van der Waals surface area contributed by atoms with Crippen molar-refractivity contribution in [3.63, 3.8) is 0 Å². The first kappa shape index (κ1) is 14.3. The molecule has 4 nitrogen and oxygen atoms in total. The van der Waals surface area contributed by atoms with E-state index >= 15 is 0 Å². The van der Waals surface area contributed by atoms with E-state index in [9.17, 15) is 4.79 Å². The van der Waals surface area contributed by atoms with E-state index in [-0.39, 0.29) is 18.7 Å². The van der Waals surface area contributed by atoms with E-state index < -0.39 is 0 Å². The normalized spacial score (nSPS) is 18.1. The van der Waals surface area contributed by atoms with Crippen molar-refractivity contribution in [3.8, 4) is 0 Å². The van der Waals surface area contributed by atoms with Crippen molar-refractivity contribution >= 4 is 6.03 Å². The summed E-state index contributed by atoms with van der Waals surface area (Å²) in [5, 5.41) is 11.8. The van der Waals surface area contributed by atoms with Crippen LogP contribution in [-0.2, 0) is 0 Å². The second kappa shape index (κ2) is 7.54. The van der Waals surface area contributed by atoms with Gasteiger partial charge in [0.25, 0.3) is 0 Å². The Morgan fingerprint density at radius 3 is 2.65 bits per heavy atom. The summed E-state index contributed by atoms with van der Waals surface area (Å²) in [6, 6.07) is 0.639. The lowest BCUT2D eigenvalue weighted by atomic mass is 10.2. The Hall–Kier alpha value is -0.770. The van der Waals surface area contributed by atoms with Gasteiger partial charge < -0.3 is 15.3 Å². The third-order valence-electron chi connectivity index (χ3n) is 3.53. The van der Waals surface area contributed by atoms with Crippen LogP contribution >= 0.6 is 0 Å². The number of amides is 2. The number of carbonyl (C=O) groups is 1. The minimum absolute atomic E-state index is 0.0600. The van der Waals surface area contributed by atoms with Crippen LogP contribution in [0.3, 0.4) is 0 Å². The molecule has 1 atom stereocenters. The molecule has 2 N–H and O–H groups in total. The maximum absolute atomic E-state index is 12.1. The van der Waals surface area contributed by atoms with Crippen LogP contribution in [0.4, 0.5) is 4.79 Å². The summed E-state index contributed by atoms with van der Waals surface area (Å²) in [5.41, 5.74) is 0. The van der Waals surface area contributed by atoms with Crippen LogP contribution in [0.2, 0.25) is 0 Å². The van der Waals surface area contributed by atoms with Gasteiger partial charge in [-0.15, -0.1) is 0 Å². The van der Waals surface area contributed by atoms with Gasteiger partial charge in [-0.2, -0.15) is 0 Å². The number of hydrogen-bond acceptors (Lipinski definition) is 2. The molecule has 0 aromatic rings. The summed E-state index contributed by atoms with van der Waals surface area (Å²) >= 11 is 0. The molecule has 0 radical (unpaired) electrons. The molecule has 0 heterocycles. The minimum atomic E-state index is 0.0600. The highest BCUT2D eigenvalue weighted by Crippen LogP contribution is 2.23. The fraction of sp³-hybridized carbons (Fsp3) is 0.923. The number of urea groups is 1. The Bertz CT molecular complexity index is 227. The van der Waals surface area contributed by atoms with Crippen molar-refractivity contribution in [1.29, 1.82) is 0 Å². The molecule has 2 amide bonds. The lowest BCUT2D eigenvalue weighted by Gasteiger charge is -2.29. The smallest absolute Gasteiger partial charge is 0.317 e. The van der Waals surface area contributed by atoms with E-state index in [1.165, 1.54) is 12.8 Å². The van der Waals surface area contributed by atoms with Crippen molar-refractivity contribution in [2.45, 2.75) is 64.5 Å². The summed E-state index contributed by atoms with van der Waals surface area (Å²) < 4.78 is 0. The molecule has 0 aromatic carbocycles. The van der Waals surface area contributed by atoms with Gasteiger partial charge in [-0.1, -0.05) is 12.8 Å². The van der Waals surface area contributed by atoms with Crippen LogP contribution in [0.5, 0.6) is 0 Å². The van der Waals surface area contributed by atoms with E-state index in [1.807, 2.05) is 18.7 Å². The van der Waals surface area contributed by atoms with Crippen LogP contribution in [0.15, 0.2) is 0 Å². The van der Waals surface area contributed by atoms with Crippen molar-refractivity contribution in [2.75, 3.05) is 13.2 Å². The molecule has 0 saturated heterocycles. The number of carbonyl (C=O) groups excluding carboxylic acids is 1. The third-order valence-corrected chi connectivity index (χ3v) is 3.53. The molecular formula is C13H26N2O2. The Morgan fingerprint density at radius 2 is 2.12 bits per heavy atom. The fourth-order valence-electron chi connectivity index (χ4n) is 2.55. The number of nitrogens with zero attached hydrogens (tertiary/aromatic N) is 1. The molecule has 1 unspecified atom stereocenters. The first-order valence-electron chi connectivity index (χ1n) is 6.87. The molecule has 1 rings (SSSR count). The summed E-state index contributed by atoms with van der Waals surface area (Å²) in [6.07, 6.45) is 6.36. The molecule has 0 spiro atoms. The molecule has 17 heavy (non-hydrogen) atoms. The number of nitrogens with one attached hydrogen (secondary N) is 1. The summed E-state index contributed by atoms with van der Waals surface area (Å²) in [6.45, 7) is 5.01. The Kier molecular flexibility index (Phi) is 6.34. The van der Waals surface area contributed by atoms with Gasteiger partial charge in [0.15, 0.2) is 0 Å². The zero-order chi connectivity index (χ0) is 12.7. The van der Waals surface area contributed by atoms with Crippen molar-refractivity contribution < 1.29 is 9.90 Å². The molecule has 0 bridgehead atoms. The fourth-order valence-corrected chi connectivity index (χ4v) is 2.55. The maximum atomic E-state index is 12.1. The largest absolute Gasteiger partial charge is 0.396 e. The van der Waals surface area contributed by atoms with E-state index in [1.54, 1.807) is 0 Å².